The average molecular weight is 397 g/mol. The molecule has 0 spiro atoms. The van der Waals surface area contributed by atoms with Crippen LogP contribution in [0, 0.1) is 11.8 Å². The Hall–Kier alpha value is 0.230. The molecule has 0 rings (SSSR count). The summed E-state index contributed by atoms with van der Waals surface area (Å²) >= 11 is 0. The number of ether oxygens (including phenoxy) is 2. The summed E-state index contributed by atoms with van der Waals surface area (Å²) in [6.07, 6.45) is 8.92. The molecule has 0 amide bonds. The fraction of sp³-hybridized carbons (Fsp3) is 1.00. The Labute approximate surface area is 161 Å². The predicted octanol–water partition coefficient (Wildman–Crippen LogP) is 4.73. The zero-order valence-electron chi connectivity index (χ0n) is 17.7. The summed E-state index contributed by atoms with van der Waals surface area (Å²) in [5, 5.41) is 0. The molecule has 0 aromatic rings. The number of rotatable bonds is 18. The Morgan fingerprint density at radius 2 is 1.08 bits per heavy atom. The van der Waals surface area contributed by atoms with E-state index in [4.69, 9.17) is 9.47 Å². The Morgan fingerprint density at radius 3 is 1.38 bits per heavy atom. The van der Waals surface area contributed by atoms with Crippen molar-refractivity contribution in [2.45, 2.75) is 79.1 Å². The minimum atomic E-state index is -4.64. The predicted molar refractivity (Wildman–Crippen MR) is 112 cm³/mol. The molecule has 0 aromatic carbocycles. The van der Waals surface area contributed by atoms with Crippen LogP contribution in [0.3, 0.4) is 0 Å². The van der Waals surface area contributed by atoms with Crippen molar-refractivity contribution in [3.8, 4) is 0 Å². The third-order valence-corrected chi connectivity index (χ3v) is 7.38. The van der Waals surface area contributed by atoms with E-state index in [1.54, 1.807) is 0 Å². The third kappa shape index (κ3) is 14.3. The number of hydrogen-bond donors (Lipinski definition) is 3. The van der Waals surface area contributed by atoms with E-state index in [0.717, 1.165) is 25.7 Å². The molecule has 0 heterocycles. The summed E-state index contributed by atoms with van der Waals surface area (Å²) in [7, 11) is -4.64. The molecule has 160 valence electrons. The Kier molecular flexibility index (Phi) is 14.4. The molecule has 5 nitrogen and oxygen atoms in total. The molecule has 0 aliphatic carbocycles. The van der Waals surface area contributed by atoms with Gasteiger partial charge in [0.2, 0.25) is 0 Å². The molecule has 26 heavy (non-hydrogen) atoms. The molecule has 0 saturated heterocycles. The van der Waals surface area contributed by atoms with Crippen molar-refractivity contribution < 1.29 is 24.2 Å². The molecule has 3 N–H and O–H groups in total. The topological polar surface area (TPSA) is 79.2 Å². The first kappa shape index (κ1) is 26.2. The van der Waals surface area contributed by atoms with Gasteiger partial charge in [-0.05, 0) is 0 Å². The molecular formula is C20H45O5P. The molecule has 0 aliphatic rings. The Balaban J connectivity index is 4.02. The molecule has 2 unspecified atom stereocenters. The second-order valence-corrected chi connectivity index (χ2v) is 11.3. The van der Waals surface area contributed by atoms with Crippen molar-refractivity contribution in [3.63, 3.8) is 0 Å². The van der Waals surface area contributed by atoms with Crippen molar-refractivity contribution in [1.82, 2.24) is 0 Å². The maximum absolute atomic E-state index is 10.2. The average Bonchev–Trinajstić information content (AvgIpc) is 2.60. The summed E-state index contributed by atoms with van der Waals surface area (Å²) in [4.78, 5) is 30.6. The quantitative estimate of drug-likeness (QED) is 0.231. The first-order chi connectivity index (χ1) is 12.3. The van der Waals surface area contributed by atoms with E-state index in [-0.39, 0.29) is 25.5 Å². The normalized spacial score (nSPS) is 16.2. The van der Waals surface area contributed by atoms with Gasteiger partial charge in [-0.25, -0.2) is 0 Å². The second-order valence-electron chi connectivity index (χ2n) is 7.77. The maximum atomic E-state index is 10.2. The van der Waals surface area contributed by atoms with E-state index in [0.29, 0.717) is 25.0 Å². The van der Waals surface area contributed by atoms with Gasteiger partial charge in [-0.1, -0.05) is 0 Å². The van der Waals surface area contributed by atoms with E-state index in [1.165, 1.54) is 25.7 Å². The monoisotopic (exact) mass is 396 g/mol. The summed E-state index contributed by atoms with van der Waals surface area (Å²) in [5.41, 5.74) is 0. The van der Waals surface area contributed by atoms with Gasteiger partial charge in [0.05, 0.1) is 0 Å². The Morgan fingerprint density at radius 1 is 0.692 bits per heavy atom. The molecule has 0 aromatic heterocycles. The van der Waals surface area contributed by atoms with Crippen LogP contribution in [0.15, 0.2) is 0 Å². The SMILES string of the molecule is CCCCC(CC)COCCP(O)(O)(O)CCOCC(CC)CCCC. The third-order valence-electron chi connectivity index (χ3n) is 5.18. The second kappa shape index (κ2) is 14.3. The van der Waals surface area contributed by atoms with E-state index in [9.17, 15) is 14.7 Å². The van der Waals surface area contributed by atoms with Crippen molar-refractivity contribution in [2.24, 2.45) is 11.8 Å². The van der Waals surface area contributed by atoms with Crippen molar-refractivity contribution in [3.05, 3.63) is 0 Å². The fourth-order valence-electron chi connectivity index (χ4n) is 2.91. The standard InChI is InChI=1S/C20H45O5P/c1-5-9-11-19(7-3)17-24-13-15-26(21,22,23)16-14-25-18-20(8-4)12-10-6-2/h19-23H,5-18H2,1-4H3. The van der Waals surface area contributed by atoms with Crippen LogP contribution in [0.25, 0.3) is 0 Å². The van der Waals surface area contributed by atoms with Crippen LogP contribution in [0.5, 0.6) is 0 Å². The van der Waals surface area contributed by atoms with Gasteiger partial charge in [0, 0.05) is 0 Å². The molecule has 0 bridgehead atoms. The van der Waals surface area contributed by atoms with Crippen molar-refractivity contribution >= 4 is 7.28 Å². The molecule has 6 heteroatoms. The van der Waals surface area contributed by atoms with Crippen LogP contribution < -0.4 is 0 Å². The van der Waals surface area contributed by atoms with Gasteiger partial charge >= 0.3 is 161 Å². The molecule has 0 radical (unpaired) electrons. The van der Waals surface area contributed by atoms with Gasteiger partial charge in [-0.2, -0.15) is 0 Å². The number of hydrogen-bond acceptors (Lipinski definition) is 5. The number of unbranched alkanes of at least 4 members (excludes halogenated alkanes) is 2. The van der Waals surface area contributed by atoms with Gasteiger partial charge in [0.15, 0.2) is 0 Å². The van der Waals surface area contributed by atoms with Crippen LogP contribution in [0.2, 0.25) is 0 Å². The zero-order chi connectivity index (χ0) is 19.9. The van der Waals surface area contributed by atoms with Crippen molar-refractivity contribution in [1.29, 1.82) is 0 Å². The molecule has 0 saturated carbocycles. The van der Waals surface area contributed by atoms with E-state index >= 15 is 0 Å². The molecule has 0 aliphatic heterocycles. The minimum absolute atomic E-state index is 0.105. The molecule has 2 atom stereocenters. The summed E-state index contributed by atoms with van der Waals surface area (Å²) in [6, 6.07) is 0. The van der Waals surface area contributed by atoms with E-state index < -0.39 is 7.28 Å². The van der Waals surface area contributed by atoms with Gasteiger partial charge in [-0.3, -0.25) is 0 Å². The van der Waals surface area contributed by atoms with Crippen LogP contribution in [-0.4, -0.2) is 53.4 Å². The van der Waals surface area contributed by atoms with E-state index in [2.05, 4.69) is 27.7 Å². The van der Waals surface area contributed by atoms with Crippen LogP contribution in [0.4, 0.5) is 0 Å². The van der Waals surface area contributed by atoms with Crippen LogP contribution in [-0.2, 0) is 9.47 Å². The molecule has 0 fully saturated rings. The first-order valence-electron chi connectivity index (χ1n) is 10.7. The molecular weight excluding hydrogens is 351 g/mol. The van der Waals surface area contributed by atoms with E-state index in [1.807, 2.05) is 0 Å². The van der Waals surface area contributed by atoms with Crippen LogP contribution in [0.1, 0.15) is 79.1 Å². The summed E-state index contributed by atoms with van der Waals surface area (Å²) in [6.45, 7) is 10.2. The van der Waals surface area contributed by atoms with Crippen LogP contribution >= 0.6 is 7.28 Å². The van der Waals surface area contributed by atoms with Gasteiger partial charge < -0.3 is 0 Å². The fourth-order valence-corrected chi connectivity index (χ4v) is 4.14. The van der Waals surface area contributed by atoms with Crippen molar-refractivity contribution in [2.75, 3.05) is 38.8 Å². The summed E-state index contributed by atoms with van der Waals surface area (Å²) in [5.74, 6) is 1.02. The van der Waals surface area contributed by atoms with Gasteiger partial charge in [0.25, 0.3) is 0 Å². The zero-order valence-corrected chi connectivity index (χ0v) is 18.6. The first-order valence-corrected chi connectivity index (χ1v) is 13.1. The van der Waals surface area contributed by atoms with Gasteiger partial charge in [-0.15, -0.1) is 0 Å². The van der Waals surface area contributed by atoms with Gasteiger partial charge in [0.1, 0.15) is 0 Å². The summed E-state index contributed by atoms with van der Waals surface area (Å²) < 4.78 is 11.2. The Bertz CT molecular complexity index is 302.